The van der Waals surface area contributed by atoms with Crippen LogP contribution in [0.1, 0.15) is 31.1 Å². The third-order valence-electron chi connectivity index (χ3n) is 4.90. The summed E-state index contributed by atoms with van der Waals surface area (Å²) < 4.78 is 37.3. The lowest BCUT2D eigenvalue weighted by Gasteiger charge is -2.21. The first-order chi connectivity index (χ1) is 14.6. The third kappa shape index (κ3) is 5.97. The van der Waals surface area contributed by atoms with Crippen LogP contribution < -0.4 is 14.4 Å². The lowest BCUT2D eigenvalue weighted by Crippen LogP contribution is -2.38. The molecule has 0 aromatic heterocycles. The Balaban J connectivity index is 2.08. The van der Waals surface area contributed by atoms with Gasteiger partial charge in [-0.2, -0.15) is 0 Å². The van der Waals surface area contributed by atoms with Crippen LogP contribution in [0.15, 0.2) is 53.4 Å². The van der Waals surface area contributed by atoms with Gasteiger partial charge in [0.1, 0.15) is 5.75 Å². The molecule has 0 heterocycles. The van der Waals surface area contributed by atoms with Crippen LogP contribution in [0.5, 0.6) is 5.75 Å². The second-order valence-electron chi connectivity index (χ2n) is 7.35. The first-order valence-corrected chi connectivity index (χ1v) is 11.2. The van der Waals surface area contributed by atoms with E-state index in [9.17, 15) is 18.0 Å². The lowest BCUT2D eigenvalue weighted by atomic mass is 10.1. The van der Waals surface area contributed by atoms with Crippen molar-refractivity contribution in [1.82, 2.24) is 5.32 Å². The second-order valence-corrected chi connectivity index (χ2v) is 9.31. The van der Waals surface area contributed by atoms with Crippen LogP contribution in [0.2, 0.25) is 0 Å². The van der Waals surface area contributed by atoms with Gasteiger partial charge in [-0.05, 0) is 49.2 Å². The van der Waals surface area contributed by atoms with Gasteiger partial charge >= 0.3 is 5.97 Å². The van der Waals surface area contributed by atoms with Gasteiger partial charge in [-0.15, -0.1) is 0 Å². The number of methoxy groups -OCH3 is 1. The molecule has 8 nitrogen and oxygen atoms in total. The minimum Gasteiger partial charge on any atom is -0.495 e. The Kier molecular flexibility index (Phi) is 8.04. The summed E-state index contributed by atoms with van der Waals surface area (Å²) in [6.45, 7) is 5.40. The number of ether oxygens (including phenoxy) is 2. The minimum atomic E-state index is -3.88. The van der Waals surface area contributed by atoms with Crippen LogP contribution in [0, 0.1) is 5.92 Å². The number of hydrogen-bond donors (Lipinski definition) is 1. The maximum atomic E-state index is 13.0. The maximum absolute atomic E-state index is 13.0. The molecule has 2 aromatic carbocycles. The van der Waals surface area contributed by atoms with Gasteiger partial charge in [0.05, 0.1) is 23.3 Å². The Hall–Kier alpha value is -3.07. The van der Waals surface area contributed by atoms with Crippen molar-refractivity contribution < 1.29 is 27.5 Å². The zero-order chi connectivity index (χ0) is 23.2. The van der Waals surface area contributed by atoms with E-state index in [2.05, 4.69) is 5.32 Å². The van der Waals surface area contributed by atoms with Crippen molar-refractivity contribution in [3.63, 3.8) is 0 Å². The fourth-order valence-corrected chi connectivity index (χ4v) is 3.82. The molecule has 0 spiro atoms. The second kappa shape index (κ2) is 10.3. The molecule has 0 saturated carbocycles. The number of hydrogen-bond acceptors (Lipinski definition) is 6. The van der Waals surface area contributed by atoms with E-state index in [0.29, 0.717) is 11.4 Å². The quantitative estimate of drug-likeness (QED) is 0.592. The van der Waals surface area contributed by atoms with Crippen molar-refractivity contribution >= 4 is 27.6 Å². The number of esters is 1. The summed E-state index contributed by atoms with van der Waals surface area (Å²) in [4.78, 5) is 24.0. The van der Waals surface area contributed by atoms with Crippen LogP contribution in [0.4, 0.5) is 5.69 Å². The number of carbonyl (C=O) groups is 2. The summed E-state index contributed by atoms with van der Waals surface area (Å²) in [6, 6.07) is 12.0. The SMILES string of the molecule is COc1ccccc1N(C)S(=O)(=O)c1ccc(C(=O)OCC(=O)N[C@@H](C)C(C)C)cc1. The first kappa shape index (κ1) is 24.2. The highest BCUT2D eigenvalue weighted by molar-refractivity contribution is 7.92. The van der Waals surface area contributed by atoms with Gasteiger partial charge in [0, 0.05) is 13.1 Å². The highest BCUT2D eigenvalue weighted by Gasteiger charge is 2.24. The van der Waals surface area contributed by atoms with E-state index < -0.39 is 28.5 Å². The zero-order valence-corrected chi connectivity index (χ0v) is 19.1. The van der Waals surface area contributed by atoms with Crippen molar-refractivity contribution in [3.05, 3.63) is 54.1 Å². The van der Waals surface area contributed by atoms with Crippen molar-refractivity contribution in [2.45, 2.75) is 31.7 Å². The number of anilines is 1. The molecule has 0 radical (unpaired) electrons. The Morgan fingerprint density at radius 1 is 1.03 bits per heavy atom. The predicted molar refractivity (Wildman–Crippen MR) is 118 cm³/mol. The summed E-state index contributed by atoms with van der Waals surface area (Å²) >= 11 is 0. The zero-order valence-electron chi connectivity index (χ0n) is 18.3. The van der Waals surface area contributed by atoms with Gasteiger partial charge in [-0.25, -0.2) is 13.2 Å². The topological polar surface area (TPSA) is 102 Å². The van der Waals surface area contributed by atoms with Crippen LogP contribution in [0.3, 0.4) is 0 Å². The molecule has 31 heavy (non-hydrogen) atoms. The largest absolute Gasteiger partial charge is 0.495 e. The fraction of sp³-hybridized carbons (Fsp3) is 0.364. The number of nitrogens with zero attached hydrogens (tertiary/aromatic N) is 1. The monoisotopic (exact) mass is 448 g/mol. The fourth-order valence-electron chi connectivity index (χ4n) is 2.62. The molecular formula is C22H28N2O6S. The predicted octanol–water partition coefficient (Wildman–Crippen LogP) is 2.84. The molecule has 2 aromatic rings. The Labute approximate surface area is 183 Å². The standard InChI is InChI=1S/C22H28N2O6S/c1-15(2)16(3)23-21(25)14-30-22(26)17-10-12-18(13-11-17)31(27,28)24(4)19-8-6-7-9-20(19)29-5/h6-13,15-16H,14H2,1-5H3,(H,23,25)/t16-/m0/s1. The van der Waals surface area contributed by atoms with Crippen LogP contribution >= 0.6 is 0 Å². The first-order valence-electron chi connectivity index (χ1n) is 9.76. The molecule has 168 valence electrons. The molecule has 2 rings (SSSR count). The lowest BCUT2D eigenvalue weighted by molar-refractivity contribution is -0.125. The number of benzene rings is 2. The Morgan fingerprint density at radius 2 is 1.65 bits per heavy atom. The Bertz CT molecular complexity index is 1020. The molecule has 1 N–H and O–H groups in total. The van der Waals surface area contributed by atoms with Crippen molar-refractivity contribution in [1.29, 1.82) is 0 Å². The molecule has 0 aliphatic carbocycles. The number of rotatable bonds is 9. The molecule has 0 fully saturated rings. The summed E-state index contributed by atoms with van der Waals surface area (Å²) in [5.41, 5.74) is 0.527. The highest BCUT2D eigenvalue weighted by atomic mass is 32.2. The van der Waals surface area contributed by atoms with E-state index in [0.717, 1.165) is 4.31 Å². The molecule has 0 aliphatic rings. The van der Waals surface area contributed by atoms with Crippen LogP contribution in [0.25, 0.3) is 0 Å². The van der Waals surface area contributed by atoms with E-state index in [-0.39, 0.29) is 22.4 Å². The maximum Gasteiger partial charge on any atom is 0.338 e. The number of nitrogens with one attached hydrogen (secondary N) is 1. The van der Waals surface area contributed by atoms with E-state index in [4.69, 9.17) is 9.47 Å². The summed E-state index contributed by atoms with van der Waals surface area (Å²) in [5.74, 6) is -0.441. The molecule has 0 aliphatic heterocycles. The van der Waals surface area contributed by atoms with E-state index in [1.807, 2.05) is 20.8 Å². The van der Waals surface area contributed by atoms with Crippen molar-refractivity contribution in [3.8, 4) is 5.75 Å². The minimum absolute atomic E-state index is 0.000886. The number of amides is 1. The van der Waals surface area contributed by atoms with Gasteiger partial charge in [-0.3, -0.25) is 9.10 Å². The summed E-state index contributed by atoms with van der Waals surface area (Å²) in [7, 11) is -0.993. The van der Waals surface area contributed by atoms with Gasteiger partial charge in [-0.1, -0.05) is 26.0 Å². The van der Waals surface area contributed by atoms with Crippen LogP contribution in [-0.2, 0) is 19.6 Å². The van der Waals surface area contributed by atoms with Gasteiger partial charge in [0.25, 0.3) is 15.9 Å². The van der Waals surface area contributed by atoms with Crippen LogP contribution in [-0.4, -0.2) is 47.1 Å². The van der Waals surface area contributed by atoms with Gasteiger partial charge in [0.2, 0.25) is 0 Å². The molecule has 0 unspecified atom stereocenters. The molecule has 1 amide bonds. The summed E-state index contributed by atoms with van der Waals surface area (Å²) in [6.07, 6.45) is 0. The molecular weight excluding hydrogens is 420 g/mol. The average Bonchev–Trinajstić information content (AvgIpc) is 2.76. The molecule has 9 heteroatoms. The normalized spacial score (nSPS) is 12.2. The van der Waals surface area contributed by atoms with Gasteiger partial charge < -0.3 is 14.8 Å². The number of carbonyl (C=O) groups excluding carboxylic acids is 2. The van der Waals surface area contributed by atoms with Crippen molar-refractivity contribution in [2.75, 3.05) is 25.1 Å². The number of sulfonamides is 1. The summed E-state index contributed by atoms with van der Waals surface area (Å²) in [5, 5.41) is 2.74. The van der Waals surface area contributed by atoms with E-state index in [1.165, 1.54) is 38.4 Å². The van der Waals surface area contributed by atoms with E-state index in [1.54, 1.807) is 24.3 Å². The van der Waals surface area contributed by atoms with Crippen molar-refractivity contribution in [2.24, 2.45) is 5.92 Å². The average molecular weight is 449 g/mol. The molecule has 1 atom stereocenters. The third-order valence-corrected chi connectivity index (χ3v) is 6.68. The smallest absolute Gasteiger partial charge is 0.338 e. The number of para-hydroxylation sites is 2. The Morgan fingerprint density at radius 3 is 2.23 bits per heavy atom. The molecule has 0 bridgehead atoms. The van der Waals surface area contributed by atoms with Gasteiger partial charge in [0.15, 0.2) is 6.61 Å². The highest BCUT2D eigenvalue weighted by Crippen LogP contribution is 2.30. The molecule has 0 saturated heterocycles. The van der Waals surface area contributed by atoms with E-state index >= 15 is 0 Å².